The van der Waals surface area contributed by atoms with Crippen LogP contribution in [0.2, 0.25) is 0 Å². The molecule has 0 bridgehead atoms. The second-order valence-electron chi connectivity index (χ2n) is 4.89. The van der Waals surface area contributed by atoms with Crippen molar-refractivity contribution in [2.24, 2.45) is 5.84 Å². The molecular weight excluding hydrogens is 249 g/mol. The summed E-state index contributed by atoms with van der Waals surface area (Å²) in [6.07, 6.45) is 5.23. The van der Waals surface area contributed by atoms with Crippen molar-refractivity contribution in [3.8, 4) is 5.88 Å². The summed E-state index contributed by atoms with van der Waals surface area (Å²) in [7, 11) is 3.08. The van der Waals surface area contributed by atoms with E-state index in [0.29, 0.717) is 12.0 Å². The maximum absolute atomic E-state index is 14.2. The minimum absolute atomic E-state index is 0.0159. The van der Waals surface area contributed by atoms with Crippen molar-refractivity contribution in [2.45, 2.75) is 37.3 Å². The zero-order valence-corrected chi connectivity index (χ0v) is 11.3. The number of nitrogens with zero attached hydrogens (tertiary/aromatic N) is 1. The third-order valence-corrected chi connectivity index (χ3v) is 3.93. The molecule has 0 radical (unpaired) electrons. The van der Waals surface area contributed by atoms with Gasteiger partial charge >= 0.3 is 0 Å². The highest BCUT2D eigenvalue weighted by Gasteiger charge is 2.39. The van der Waals surface area contributed by atoms with Crippen LogP contribution >= 0.6 is 0 Å². The van der Waals surface area contributed by atoms with Crippen LogP contribution in [0, 0.1) is 5.82 Å². The average molecular weight is 269 g/mol. The molecule has 0 saturated heterocycles. The van der Waals surface area contributed by atoms with Crippen LogP contribution in [0.5, 0.6) is 5.88 Å². The van der Waals surface area contributed by atoms with E-state index in [-0.39, 0.29) is 17.5 Å². The highest BCUT2D eigenvalue weighted by atomic mass is 19.1. The molecule has 0 amide bonds. The van der Waals surface area contributed by atoms with Gasteiger partial charge in [0.15, 0.2) is 5.82 Å². The molecule has 0 aromatic carbocycles. The maximum Gasteiger partial charge on any atom is 0.250 e. The van der Waals surface area contributed by atoms with E-state index in [1.807, 2.05) is 0 Å². The van der Waals surface area contributed by atoms with Gasteiger partial charge in [0.1, 0.15) is 0 Å². The average Bonchev–Trinajstić information content (AvgIpc) is 2.39. The lowest BCUT2D eigenvalue weighted by Gasteiger charge is -2.42. The van der Waals surface area contributed by atoms with Crippen LogP contribution in [0.4, 0.5) is 4.39 Å². The molecule has 0 aliphatic heterocycles. The second kappa shape index (κ2) is 5.81. The summed E-state index contributed by atoms with van der Waals surface area (Å²) in [6, 6.07) is 1.29. The summed E-state index contributed by atoms with van der Waals surface area (Å²) in [4.78, 5) is 3.83. The molecule has 1 heterocycles. The number of rotatable bonds is 6. The smallest absolute Gasteiger partial charge is 0.250 e. The van der Waals surface area contributed by atoms with Gasteiger partial charge in [-0.05, 0) is 31.7 Å². The van der Waals surface area contributed by atoms with E-state index < -0.39 is 5.82 Å². The Hall–Kier alpha value is -1.24. The van der Waals surface area contributed by atoms with Crippen molar-refractivity contribution >= 4 is 0 Å². The monoisotopic (exact) mass is 269 g/mol. The number of nitrogens with two attached hydrogens (primary N) is 1. The summed E-state index contributed by atoms with van der Waals surface area (Å²) in [5.41, 5.74) is 2.93. The Kier molecular flexibility index (Phi) is 4.34. The number of pyridine rings is 1. The predicted molar refractivity (Wildman–Crippen MR) is 69.0 cm³/mol. The van der Waals surface area contributed by atoms with E-state index in [1.54, 1.807) is 13.2 Å². The molecule has 5 nitrogen and oxygen atoms in total. The number of aromatic nitrogens is 1. The van der Waals surface area contributed by atoms with Crippen molar-refractivity contribution in [3.05, 3.63) is 23.6 Å². The fourth-order valence-corrected chi connectivity index (χ4v) is 2.54. The Bertz CT molecular complexity index is 432. The number of methoxy groups -OCH3 is 2. The van der Waals surface area contributed by atoms with Crippen molar-refractivity contribution in [1.82, 2.24) is 10.4 Å². The molecule has 1 aliphatic carbocycles. The molecule has 2 rings (SSSR count). The standard InChI is InChI=1S/C13H20FN3O2/c1-18-12-11(14)9(4-7-16-12)10(17-15)8-13(19-2)5-3-6-13/h4,7,10,17H,3,5-6,8,15H2,1-2H3. The van der Waals surface area contributed by atoms with Crippen LogP contribution in [-0.4, -0.2) is 24.8 Å². The molecular formula is C13H20FN3O2. The van der Waals surface area contributed by atoms with Gasteiger partial charge in [0.2, 0.25) is 5.88 Å². The van der Waals surface area contributed by atoms with Crippen molar-refractivity contribution in [3.63, 3.8) is 0 Å². The first-order valence-electron chi connectivity index (χ1n) is 6.35. The van der Waals surface area contributed by atoms with Crippen LogP contribution in [0.3, 0.4) is 0 Å². The molecule has 1 saturated carbocycles. The Morgan fingerprint density at radius 1 is 1.53 bits per heavy atom. The highest BCUT2D eigenvalue weighted by molar-refractivity contribution is 5.27. The molecule has 1 aliphatic rings. The second-order valence-corrected chi connectivity index (χ2v) is 4.89. The van der Waals surface area contributed by atoms with Gasteiger partial charge in [-0.2, -0.15) is 0 Å². The molecule has 1 aromatic heterocycles. The van der Waals surface area contributed by atoms with Crippen molar-refractivity contribution in [2.75, 3.05) is 14.2 Å². The van der Waals surface area contributed by atoms with Gasteiger partial charge < -0.3 is 9.47 Å². The van der Waals surface area contributed by atoms with Crippen LogP contribution in [0.15, 0.2) is 12.3 Å². The van der Waals surface area contributed by atoms with Gasteiger partial charge in [-0.1, -0.05) is 0 Å². The molecule has 0 spiro atoms. The molecule has 1 atom stereocenters. The van der Waals surface area contributed by atoms with Gasteiger partial charge in [-0.25, -0.2) is 9.37 Å². The molecule has 1 unspecified atom stereocenters. The lowest BCUT2D eigenvalue weighted by molar-refractivity contribution is -0.0840. The number of ether oxygens (including phenoxy) is 2. The maximum atomic E-state index is 14.2. The lowest BCUT2D eigenvalue weighted by Crippen LogP contribution is -2.44. The SMILES string of the molecule is COc1nccc(C(CC2(OC)CCC2)NN)c1F. The minimum Gasteiger partial charge on any atom is -0.479 e. The number of nitrogens with one attached hydrogen (secondary N) is 1. The topological polar surface area (TPSA) is 69.4 Å². The minimum atomic E-state index is -0.474. The number of halogens is 1. The first-order valence-corrected chi connectivity index (χ1v) is 6.35. The Labute approximate surface area is 112 Å². The van der Waals surface area contributed by atoms with Crippen molar-refractivity contribution < 1.29 is 13.9 Å². The normalized spacial score (nSPS) is 18.7. The largest absolute Gasteiger partial charge is 0.479 e. The first kappa shape index (κ1) is 14.2. The van der Waals surface area contributed by atoms with Gasteiger partial charge in [0.25, 0.3) is 0 Å². The molecule has 3 N–H and O–H groups in total. The summed E-state index contributed by atoms with van der Waals surface area (Å²) >= 11 is 0. The zero-order valence-electron chi connectivity index (χ0n) is 11.3. The molecule has 6 heteroatoms. The molecule has 106 valence electrons. The van der Waals surface area contributed by atoms with Crippen LogP contribution in [-0.2, 0) is 4.74 Å². The van der Waals surface area contributed by atoms with Crippen LogP contribution in [0.1, 0.15) is 37.3 Å². The summed E-state index contributed by atoms with van der Waals surface area (Å²) in [6.45, 7) is 0. The summed E-state index contributed by atoms with van der Waals surface area (Å²) in [5, 5.41) is 0. The molecule has 1 fully saturated rings. The number of hydrogen-bond donors (Lipinski definition) is 2. The van der Waals surface area contributed by atoms with E-state index in [2.05, 4.69) is 10.4 Å². The zero-order chi connectivity index (χ0) is 13.9. The number of hydrazine groups is 1. The number of hydrogen-bond acceptors (Lipinski definition) is 5. The van der Waals surface area contributed by atoms with E-state index in [4.69, 9.17) is 15.3 Å². The third kappa shape index (κ3) is 2.70. The molecule has 19 heavy (non-hydrogen) atoms. The quantitative estimate of drug-likeness (QED) is 0.607. The van der Waals surface area contributed by atoms with Gasteiger partial charge in [0, 0.05) is 18.9 Å². The van der Waals surface area contributed by atoms with E-state index >= 15 is 0 Å². The van der Waals surface area contributed by atoms with Crippen molar-refractivity contribution in [1.29, 1.82) is 0 Å². The molecule has 1 aromatic rings. The first-order chi connectivity index (χ1) is 9.15. The van der Waals surface area contributed by atoms with Gasteiger partial charge in [-0.15, -0.1) is 0 Å². The third-order valence-electron chi connectivity index (χ3n) is 3.93. The Balaban J connectivity index is 2.22. The van der Waals surface area contributed by atoms with E-state index in [0.717, 1.165) is 19.3 Å². The van der Waals surface area contributed by atoms with Crippen LogP contribution < -0.4 is 16.0 Å². The van der Waals surface area contributed by atoms with E-state index in [9.17, 15) is 4.39 Å². The van der Waals surface area contributed by atoms with Crippen LogP contribution in [0.25, 0.3) is 0 Å². The lowest BCUT2D eigenvalue weighted by atomic mass is 9.75. The van der Waals surface area contributed by atoms with E-state index in [1.165, 1.54) is 13.3 Å². The summed E-state index contributed by atoms with van der Waals surface area (Å²) in [5.74, 6) is 5.08. The fraction of sp³-hybridized carbons (Fsp3) is 0.615. The highest BCUT2D eigenvalue weighted by Crippen LogP contribution is 2.42. The predicted octanol–water partition coefficient (Wildman–Crippen LogP) is 1.69. The van der Waals surface area contributed by atoms with Gasteiger partial charge in [0.05, 0.1) is 18.8 Å². The fourth-order valence-electron chi connectivity index (χ4n) is 2.54. The Morgan fingerprint density at radius 3 is 2.74 bits per heavy atom. The summed E-state index contributed by atoms with van der Waals surface area (Å²) < 4.78 is 24.6. The van der Waals surface area contributed by atoms with Gasteiger partial charge in [-0.3, -0.25) is 11.3 Å². The Morgan fingerprint density at radius 2 is 2.26 bits per heavy atom.